The van der Waals surface area contributed by atoms with Crippen LogP contribution in [0.5, 0.6) is 0 Å². The number of amides is 2. The van der Waals surface area contributed by atoms with Crippen LogP contribution in [0.15, 0.2) is 30.3 Å². The van der Waals surface area contributed by atoms with Crippen molar-refractivity contribution >= 4 is 6.03 Å². The first-order valence-electron chi connectivity index (χ1n) is 6.49. The first-order valence-corrected chi connectivity index (χ1v) is 6.49. The molecule has 1 aliphatic heterocycles. The van der Waals surface area contributed by atoms with Crippen LogP contribution in [0.1, 0.15) is 18.1 Å². The molecule has 1 heterocycles. The van der Waals surface area contributed by atoms with E-state index < -0.39 is 6.10 Å². The largest absolute Gasteiger partial charge is 0.387 e. The summed E-state index contributed by atoms with van der Waals surface area (Å²) in [4.78, 5) is 11.6. The number of hydrogen-bond acceptors (Lipinski definition) is 4. The number of aliphatic hydroxyl groups is 1. The Morgan fingerprint density at radius 3 is 2.84 bits per heavy atom. The highest BCUT2D eigenvalue weighted by molar-refractivity contribution is 5.73. The number of carbonyl (C=O) groups excluding carboxylic acids is 1. The van der Waals surface area contributed by atoms with Gasteiger partial charge in [0.2, 0.25) is 0 Å². The highest BCUT2D eigenvalue weighted by atomic mass is 16.3. The molecule has 1 aliphatic rings. The van der Waals surface area contributed by atoms with Crippen LogP contribution in [0.4, 0.5) is 4.79 Å². The van der Waals surface area contributed by atoms with E-state index in [0.29, 0.717) is 6.54 Å². The molecule has 0 saturated carbocycles. The summed E-state index contributed by atoms with van der Waals surface area (Å²) < 4.78 is 0. The van der Waals surface area contributed by atoms with E-state index >= 15 is 0 Å². The van der Waals surface area contributed by atoms with Gasteiger partial charge in [-0.25, -0.2) is 4.79 Å². The van der Waals surface area contributed by atoms with Crippen molar-refractivity contribution in [1.29, 1.82) is 0 Å². The summed E-state index contributed by atoms with van der Waals surface area (Å²) in [6.45, 7) is 1.69. The Kier molecular flexibility index (Phi) is 5.14. The van der Waals surface area contributed by atoms with Gasteiger partial charge in [0.15, 0.2) is 0 Å². The minimum absolute atomic E-state index is 0.201. The minimum atomic E-state index is -0.682. The molecule has 6 heteroatoms. The van der Waals surface area contributed by atoms with Crippen molar-refractivity contribution in [2.24, 2.45) is 0 Å². The van der Waals surface area contributed by atoms with Crippen molar-refractivity contribution in [3.05, 3.63) is 35.9 Å². The molecule has 6 nitrogen and oxygen atoms in total. The van der Waals surface area contributed by atoms with Crippen LogP contribution in [0.2, 0.25) is 0 Å². The predicted octanol–water partition coefficient (Wildman–Crippen LogP) is -0.114. The molecule has 5 N–H and O–H groups in total. The average Bonchev–Trinajstić information content (AvgIpc) is 2.96. The van der Waals surface area contributed by atoms with Crippen molar-refractivity contribution in [2.45, 2.75) is 18.6 Å². The van der Waals surface area contributed by atoms with E-state index in [0.717, 1.165) is 18.5 Å². The number of benzene rings is 1. The molecule has 1 fully saturated rings. The van der Waals surface area contributed by atoms with Gasteiger partial charge < -0.3 is 15.7 Å². The van der Waals surface area contributed by atoms with Gasteiger partial charge in [0.05, 0.1) is 6.10 Å². The van der Waals surface area contributed by atoms with E-state index in [2.05, 4.69) is 21.5 Å². The molecule has 2 atom stereocenters. The zero-order valence-corrected chi connectivity index (χ0v) is 10.7. The monoisotopic (exact) mass is 264 g/mol. The number of hydrogen-bond donors (Lipinski definition) is 5. The first kappa shape index (κ1) is 13.8. The lowest BCUT2D eigenvalue weighted by Crippen LogP contribution is -2.44. The summed E-state index contributed by atoms with van der Waals surface area (Å²) in [7, 11) is 0. The summed E-state index contributed by atoms with van der Waals surface area (Å²) in [6, 6.07) is 9.28. The lowest BCUT2D eigenvalue weighted by atomic mass is 10.1. The molecule has 1 aromatic carbocycles. The number of aliphatic hydroxyl groups excluding tert-OH is 1. The van der Waals surface area contributed by atoms with Crippen LogP contribution in [-0.4, -0.2) is 36.8 Å². The summed E-state index contributed by atoms with van der Waals surface area (Å²) >= 11 is 0. The maximum absolute atomic E-state index is 11.6. The maximum Gasteiger partial charge on any atom is 0.314 e. The fourth-order valence-corrected chi connectivity index (χ4v) is 1.95. The van der Waals surface area contributed by atoms with Crippen molar-refractivity contribution in [3.8, 4) is 0 Å². The highest BCUT2D eigenvalue weighted by Gasteiger charge is 2.14. The van der Waals surface area contributed by atoms with Gasteiger partial charge in [-0.3, -0.25) is 10.9 Å². The van der Waals surface area contributed by atoms with Crippen molar-refractivity contribution in [3.63, 3.8) is 0 Å². The number of carbonyl (C=O) groups is 1. The Morgan fingerprint density at radius 1 is 1.37 bits per heavy atom. The average molecular weight is 264 g/mol. The van der Waals surface area contributed by atoms with Crippen LogP contribution in [0.3, 0.4) is 0 Å². The molecule has 104 valence electrons. The highest BCUT2D eigenvalue weighted by Crippen LogP contribution is 2.10. The molecule has 1 aromatic rings. The quantitative estimate of drug-likeness (QED) is 0.513. The number of rotatable bonds is 5. The second-order valence-corrected chi connectivity index (χ2v) is 4.57. The summed E-state index contributed by atoms with van der Waals surface area (Å²) in [5.41, 5.74) is 6.86. The fraction of sp³-hybridized carbons (Fsp3) is 0.462. The van der Waals surface area contributed by atoms with E-state index in [4.69, 9.17) is 0 Å². The second kappa shape index (κ2) is 7.08. The van der Waals surface area contributed by atoms with Gasteiger partial charge in [-0.15, -0.1) is 0 Å². The van der Waals surface area contributed by atoms with Crippen LogP contribution in [0.25, 0.3) is 0 Å². The van der Waals surface area contributed by atoms with Crippen molar-refractivity contribution < 1.29 is 9.90 Å². The Bertz CT molecular complexity index is 393. The summed E-state index contributed by atoms with van der Waals surface area (Å²) in [5.74, 6) is 0. The van der Waals surface area contributed by atoms with Crippen LogP contribution >= 0.6 is 0 Å². The van der Waals surface area contributed by atoms with E-state index in [1.54, 1.807) is 0 Å². The van der Waals surface area contributed by atoms with Gasteiger partial charge in [-0.1, -0.05) is 30.3 Å². The third-order valence-electron chi connectivity index (χ3n) is 3.07. The Labute approximate surface area is 112 Å². The number of hydrazine groups is 1. The Balaban J connectivity index is 1.65. The zero-order valence-electron chi connectivity index (χ0n) is 10.7. The molecular formula is C13H20N4O2. The molecule has 2 unspecified atom stereocenters. The van der Waals surface area contributed by atoms with Gasteiger partial charge in [0.1, 0.15) is 0 Å². The van der Waals surface area contributed by atoms with E-state index in [-0.39, 0.29) is 18.6 Å². The topological polar surface area (TPSA) is 85.4 Å². The zero-order chi connectivity index (χ0) is 13.5. The Hall–Kier alpha value is -1.63. The van der Waals surface area contributed by atoms with Crippen LogP contribution in [0, 0.1) is 0 Å². The molecular weight excluding hydrogens is 244 g/mol. The van der Waals surface area contributed by atoms with Gasteiger partial charge in [0.25, 0.3) is 0 Å². The fourth-order valence-electron chi connectivity index (χ4n) is 1.95. The molecule has 2 amide bonds. The van der Waals surface area contributed by atoms with Gasteiger partial charge >= 0.3 is 6.03 Å². The molecule has 2 rings (SSSR count). The summed E-state index contributed by atoms with van der Waals surface area (Å²) in [6.07, 6.45) is 0.311. The van der Waals surface area contributed by atoms with Gasteiger partial charge in [-0.05, 0) is 12.0 Å². The van der Waals surface area contributed by atoms with E-state index in [1.165, 1.54) is 0 Å². The SMILES string of the molecule is O=C(NCC1CCNN1)NCC(O)c1ccccc1. The number of nitrogens with one attached hydrogen (secondary N) is 4. The second-order valence-electron chi connectivity index (χ2n) is 4.57. The maximum atomic E-state index is 11.6. The standard InChI is InChI=1S/C13H20N4O2/c18-12(10-4-2-1-3-5-10)9-15-13(19)14-8-11-6-7-16-17-11/h1-5,11-12,16-18H,6-9H2,(H2,14,15,19). The van der Waals surface area contributed by atoms with E-state index in [1.807, 2.05) is 30.3 Å². The van der Waals surface area contributed by atoms with Crippen molar-refractivity contribution in [2.75, 3.05) is 19.6 Å². The molecule has 0 aromatic heterocycles. The molecule has 0 bridgehead atoms. The van der Waals surface area contributed by atoms with E-state index in [9.17, 15) is 9.90 Å². The van der Waals surface area contributed by atoms with Crippen LogP contribution in [-0.2, 0) is 0 Å². The molecule has 0 radical (unpaired) electrons. The molecule has 0 aliphatic carbocycles. The molecule has 19 heavy (non-hydrogen) atoms. The lowest BCUT2D eigenvalue weighted by molar-refractivity contribution is 0.173. The molecule has 1 saturated heterocycles. The molecule has 0 spiro atoms. The third kappa shape index (κ3) is 4.51. The van der Waals surface area contributed by atoms with Gasteiger partial charge in [-0.2, -0.15) is 0 Å². The summed E-state index contributed by atoms with van der Waals surface area (Å²) in [5, 5.41) is 15.3. The predicted molar refractivity (Wildman–Crippen MR) is 72.3 cm³/mol. The minimum Gasteiger partial charge on any atom is -0.387 e. The first-order chi connectivity index (χ1) is 9.25. The van der Waals surface area contributed by atoms with Crippen molar-refractivity contribution in [1.82, 2.24) is 21.5 Å². The Morgan fingerprint density at radius 2 is 2.16 bits per heavy atom. The number of urea groups is 1. The smallest absolute Gasteiger partial charge is 0.314 e. The third-order valence-corrected chi connectivity index (χ3v) is 3.07. The van der Waals surface area contributed by atoms with Gasteiger partial charge in [0, 0.05) is 25.7 Å². The lowest BCUT2D eigenvalue weighted by Gasteiger charge is -2.14. The normalized spacial score (nSPS) is 19.9. The van der Waals surface area contributed by atoms with Crippen LogP contribution < -0.4 is 21.5 Å².